The molecule has 1 aromatic heterocycles. The number of rotatable bonds is 6. The predicted molar refractivity (Wildman–Crippen MR) is 133 cm³/mol. The lowest BCUT2D eigenvalue weighted by molar-refractivity contribution is -0.117. The van der Waals surface area contributed by atoms with Gasteiger partial charge in [-0.05, 0) is 43.9 Å². The van der Waals surface area contributed by atoms with Crippen molar-refractivity contribution >= 4 is 41.5 Å². The minimum absolute atomic E-state index is 0. The summed E-state index contributed by atoms with van der Waals surface area (Å²) in [5, 5.41) is 15.4. The van der Waals surface area contributed by atoms with E-state index in [4.69, 9.17) is 4.99 Å². The molecule has 2 N–H and O–H groups in total. The summed E-state index contributed by atoms with van der Waals surface area (Å²) in [7, 11) is 0. The van der Waals surface area contributed by atoms with E-state index >= 15 is 0 Å². The van der Waals surface area contributed by atoms with Crippen LogP contribution >= 0.6 is 24.0 Å². The number of carbonyl (C=O) groups excluding carboxylic acids is 1. The number of hydrogen-bond donors (Lipinski definition) is 2. The third kappa shape index (κ3) is 5.96. The lowest BCUT2D eigenvalue weighted by atomic mass is 10.2. The van der Waals surface area contributed by atoms with E-state index in [1.54, 1.807) is 0 Å². The van der Waals surface area contributed by atoms with Gasteiger partial charge in [-0.25, -0.2) is 4.99 Å². The number of aryl methyl sites for hydroxylation is 1. The predicted octanol–water partition coefficient (Wildman–Crippen LogP) is 3.00. The molecule has 0 bridgehead atoms. The number of nitrogens with one attached hydrogen (secondary N) is 2. The molecule has 9 heteroatoms. The van der Waals surface area contributed by atoms with Gasteiger partial charge >= 0.3 is 0 Å². The van der Waals surface area contributed by atoms with Gasteiger partial charge in [0.05, 0.1) is 13.1 Å². The van der Waals surface area contributed by atoms with Crippen LogP contribution in [0.2, 0.25) is 0 Å². The Kier molecular flexibility index (Phi) is 8.68. The number of carbonyl (C=O) groups is 1. The first-order chi connectivity index (χ1) is 14.7. The third-order valence-corrected chi connectivity index (χ3v) is 5.69. The summed E-state index contributed by atoms with van der Waals surface area (Å²) in [6.07, 6.45) is 6.24. The molecule has 0 unspecified atom stereocenters. The summed E-state index contributed by atoms with van der Waals surface area (Å²) in [6, 6.07) is 8.12. The zero-order chi connectivity index (χ0) is 20.8. The molecule has 0 spiro atoms. The first-order valence-corrected chi connectivity index (χ1v) is 11.1. The molecule has 2 aromatic rings. The largest absolute Gasteiger partial charge is 0.357 e. The van der Waals surface area contributed by atoms with Crippen molar-refractivity contribution in [2.45, 2.75) is 65.1 Å². The quantitative estimate of drug-likeness (QED) is 0.336. The lowest BCUT2D eigenvalue weighted by Crippen LogP contribution is -2.37. The second kappa shape index (κ2) is 11.4. The van der Waals surface area contributed by atoms with Gasteiger partial charge in [-0.3, -0.25) is 4.79 Å². The SMILES string of the molecule is CCNC(=NCc1ccc(N2CCCC2=O)cc1)NCc1nnc2n1CCCCC2.I. The van der Waals surface area contributed by atoms with E-state index in [9.17, 15) is 4.79 Å². The Hall–Kier alpha value is -2.17. The van der Waals surface area contributed by atoms with Crippen LogP contribution in [0.1, 0.15) is 56.2 Å². The molecule has 0 saturated carbocycles. The van der Waals surface area contributed by atoms with Crippen LogP contribution in [0.15, 0.2) is 29.3 Å². The fourth-order valence-corrected chi connectivity index (χ4v) is 4.05. The van der Waals surface area contributed by atoms with Gasteiger partial charge in [0.1, 0.15) is 5.82 Å². The normalized spacial score (nSPS) is 16.5. The van der Waals surface area contributed by atoms with Gasteiger partial charge in [-0.15, -0.1) is 34.2 Å². The molecule has 1 amide bonds. The number of fused-ring (bicyclic) bond motifs is 1. The van der Waals surface area contributed by atoms with Crippen molar-refractivity contribution in [3.8, 4) is 0 Å². The monoisotopic (exact) mass is 537 g/mol. The standard InChI is InChI=1S/C22H31N7O.HI/c1-2-23-22(25-16-20-27-26-19-7-4-3-5-13-29(19)20)24-15-17-9-11-18(12-10-17)28-14-6-8-21(28)30;/h9-12H,2-8,13-16H2,1H3,(H2,23,24,25);1H. The van der Waals surface area contributed by atoms with Gasteiger partial charge < -0.3 is 20.1 Å². The van der Waals surface area contributed by atoms with Crippen molar-refractivity contribution < 1.29 is 4.79 Å². The summed E-state index contributed by atoms with van der Waals surface area (Å²) in [4.78, 5) is 18.5. The molecule has 3 heterocycles. The fraction of sp³-hybridized carbons (Fsp3) is 0.545. The van der Waals surface area contributed by atoms with Crippen LogP contribution in [0.3, 0.4) is 0 Å². The molecule has 0 radical (unpaired) electrons. The number of nitrogens with zero attached hydrogens (tertiary/aromatic N) is 5. The molecule has 2 aliphatic rings. The van der Waals surface area contributed by atoms with Crippen molar-refractivity contribution in [3.63, 3.8) is 0 Å². The number of hydrogen-bond acceptors (Lipinski definition) is 4. The number of benzene rings is 1. The van der Waals surface area contributed by atoms with E-state index in [2.05, 4.69) is 32.3 Å². The zero-order valence-electron chi connectivity index (χ0n) is 18.1. The molecule has 168 valence electrons. The van der Waals surface area contributed by atoms with E-state index in [0.717, 1.165) is 61.3 Å². The molecule has 31 heavy (non-hydrogen) atoms. The smallest absolute Gasteiger partial charge is 0.227 e. The molecule has 1 fully saturated rings. The van der Waals surface area contributed by atoms with E-state index in [1.165, 1.54) is 19.3 Å². The fourth-order valence-electron chi connectivity index (χ4n) is 4.05. The van der Waals surface area contributed by atoms with Crippen molar-refractivity contribution in [3.05, 3.63) is 41.5 Å². The van der Waals surface area contributed by atoms with Crippen LogP contribution in [-0.4, -0.2) is 39.7 Å². The van der Waals surface area contributed by atoms with Crippen LogP contribution in [0.4, 0.5) is 5.69 Å². The Bertz CT molecular complexity index is 894. The van der Waals surface area contributed by atoms with Crippen LogP contribution in [0.25, 0.3) is 0 Å². The summed E-state index contributed by atoms with van der Waals surface area (Å²) in [5.41, 5.74) is 2.08. The number of amides is 1. The number of anilines is 1. The highest BCUT2D eigenvalue weighted by Crippen LogP contribution is 2.21. The van der Waals surface area contributed by atoms with Crippen LogP contribution in [0.5, 0.6) is 0 Å². The molecule has 0 atom stereocenters. The van der Waals surface area contributed by atoms with Crippen LogP contribution in [0, 0.1) is 0 Å². The van der Waals surface area contributed by atoms with Gasteiger partial charge in [0.25, 0.3) is 0 Å². The second-order valence-electron chi connectivity index (χ2n) is 7.86. The summed E-state index contributed by atoms with van der Waals surface area (Å²) in [5.74, 6) is 3.05. The molecule has 8 nitrogen and oxygen atoms in total. The van der Waals surface area contributed by atoms with Gasteiger partial charge in [0, 0.05) is 38.2 Å². The second-order valence-corrected chi connectivity index (χ2v) is 7.86. The Balaban J connectivity index is 0.00000272. The van der Waals surface area contributed by atoms with Crippen LogP contribution in [-0.2, 0) is 30.8 Å². The van der Waals surface area contributed by atoms with Gasteiger partial charge in [0.15, 0.2) is 11.8 Å². The zero-order valence-corrected chi connectivity index (χ0v) is 20.5. The molecular formula is C22H32IN7O. The Labute approximate surface area is 200 Å². The van der Waals surface area contributed by atoms with Crippen molar-refractivity contribution in [1.29, 1.82) is 0 Å². The molecule has 0 aliphatic carbocycles. The number of aromatic nitrogens is 3. The first-order valence-electron chi connectivity index (χ1n) is 11.1. The maximum atomic E-state index is 11.9. The minimum Gasteiger partial charge on any atom is -0.357 e. The lowest BCUT2D eigenvalue weighted by Gasteiger charge is -2.16. The van der Waals surface area contributed by atoms with Crippen LogP contribution < -0.4 is 15.5 Å². The highest BCUT2D eigenvalue weighted by Gasteiger charge is 2.21. The van der Waals surface area contributed by atoms with Gasteiger partial charge in [-0.1, -0.05) is 18.6 Å². The van der Waals surface area contributed by atoms with Gasteiger partial charge in [0.2, 0.25) is 5.91 Å². The topological polar surface area (TPSA) is 87.4 Å². The Morgan fingerprint density at radius 2 is 1.87 bits per heavy atom. The number of halogens is 1. The van der Waals surface area contributed by atoms with Crippen molar-refractivity contribution in [1.82, 2.24) is 25.4 Å². The maximum absolute atomic E-state index is 11.9. The van der Waals surface area contributed by atoms with E-state index in [0.29, 0.717) is 19.5 Å². The number of guanidine groups is 1. The third-order valence-electron chi connectivity index (χ3n) is 5.69. The van der Waals surface area contributed by atoms with Crippen molar-refractivity contribution in [2.75, 3.05) is 18.0 Å². The minimum atomic E-state index is 0. The molecule has 2 aliphatic heterocycles. The highest BCUT2D eigenvalue weighted by atomic mass is 127. The summed E-state index contributed by atoms with van der Waals surface area (Å²) >= 11 is 0. The summed E-state index contributed by atoms with van der Waals surface area (Å²) < 4.78 is 2.25. The van der Waals surface area contributed by atoms with E-state index in [1.807, 2.05) is 29.2 Å². The Morgan fingerprint density at radius 1 is 1.03 bits per heavy atom. The van der Waals surface area contributed by atoms with E-state index < -0.39 is 0 Å². The average Bonchev–Trinajstić information content (AvgIpc) is 3.28. The van der Waals surface area contributed by atoms with Crippen molar-refractivity contribution in [2.24, 2.45) is 4.99 Å². The van der Waals surface area contributed by atoms with Gasteiger partial charge in [-0.2, -0.15) is 0 Å². The molecule has 1 saturated heterocycles. The number of aliphatic imine (C=N–C) groups is 1. The maximum Gasteiger partial charge on any atom is 0.227 e. The molecule has 4 rings (SSSR count). The average molecular weight is 537 g/mol. The molecular weight excluding hydrogens is 505 g/mol. The summed E-state index contributed by atoms with van der Waals surface area (Å²) in [6.45, 7) is 5.84. The Morgan fingerprint density at radius 3 is 2.61 bits per heavy atom. The highest BCUT2D eigenvalue weighted by molar-refractivity contribution is 14.0. The first kappa shape index (κ1) is 23.5. The van der Waals surface area contributed by atoms with E-state index in [-0.39, 0.29) is 29.9 Å². The molecule has 1 aromatic carbocycles.